The highest BCUT2D eigenvalue weighted by molar-refractivity contribution is 6.11. The zero-order chi connectivity index (χ0) is 24.2. The van der Waals surface area contributed by atoms with Gasteiger partial charge in [0.05, 0.1) is 29.9 Å². The molecule has 36 heavy (non-hydrogen) atoms. The molecule has 7 aromatic rings. The molecule has 166 valence electrons. The highest BCUT2D eigenvalue weighted by Crippen LogP contribution is 2.39. The predicted octanol–water partition coefficient (Wildman–Crippen LogP) is 9.45. The van der Waals surface area contributed by atoms with Crippen LogP contribution in [-0.2, 0) is 0 Å². The molecule has 0 aliphatic heterocycles. The minimum atomic E-state index is 0.597. The fraction of sp³-hybridized carbons (Fsp3) is 0. The SMILES string of the molecule is [C-]#[N+]c1ccc2oc3ccc(-c4ccccc4-n4c5ccccc5c5cc([N+]#[C-])ccc54)cc3c2c1. The van der Waals surface area contributed by atoms with Crippen LogP contribution in [0.5, 0.6) is 0 Å². The van der Waals surface area contributed by atoms with Crippen LogP contribution in [0.4, 0.5) is 11.4 Å². The average Bonchev–Trinajstić information content (AvgIpc) is 3.47. The van der Waals surface area contributed by atoms with Gasteiger partial charge in [-0.2, -0.15) is 0 Å². The first-order chi connectivity index (χ1) is 17.7. The molecule has 2 heterocycles. The van der Waals surface area contributed by atoms with Gasteiger partial charge in [0.15, 0.2) is 11.4 Å². The van der Waals surface area contributed by atoms with E-state index >= 15 is 0 Å². The lowest BCUT2D eigenvalue weighted by atomic mass is 10.0. The predicted molar refractivity (Wildman–Crippen MR) is 146 cm³/mol. The Kier molecular flexibility index (Phi) is 4.24. The van der Waals surface area contributed by atoms with E-state index in [1.54, 1.807) is 6.07 Å². The second-order valence-electron chi connectivity index (χ2n) is 8.79. The van der Waals surface area contributed by atoms with Crippen LogP contribution in [0, 0.1) is 13.1 Å². The van der Waals surface area contributed by atoms with Crippen molar-refractivity contribution in [3.8, 4) is 16.8 Å². The third-order valence-electron chi connectivity index (χ3n) is 6.82. The van der Waals surface area contributed by atoms with Crippen molar-refractivity contribution in [2.75, 3.05) is 0 Å². The molecule has 0 N–H and O–H groups in total. The summed E-state index contributed by atoms with van der Waals surface area (Å²) in [5.41, 5.74) is 8.19. The Morgan fingerprint density at radius 3 is 2.03 bits per heavy atom. The van der Waals surface area contributed by atoms with Crippen LogP contribution < -0.4 is 0 Å². The van der Waals surface area contributed by atoms with Crippen LogP contribution in [0.1, 0.15) is 0 Å². The first-order valence-electron chi connectivity index (χ1n) is 11.6. The molecule has 0 aliphatic carbocycles. The summed E-state index contributed by atoms with van der Waals surface area (Å²) < 4.78 is 8.33. The van der Waals surface area contributed by atoms with E-state index < -0.39 is 0 Å². The van der Waals surface area contributed by atoms with Crippen molar-refractivity contribution >= 4 is 55.1 Å². The van der Waals surface area contributed by atoms with Gasteiger partial charge in [-0.1, -0.05) is 54.6 Å². The van der Waals surface area contributed by atoms with Crippen molar-refractivity contribution in [2.24, 2.45) is 0 Å². The standard InChI is InChI=1S/C32H17N3O/c1-33-21-12-14-30-25(18-21)24-8-4-6-10-29(24)35(30)28-9-5-3-7-23(28)20-11-15-31-26(17-20)27-19-22(34-2)13-16-32(27)36-31/h3-19H. The summed E-state index contributed by atoms with van der Waals surface area (Å²) in [5, 5.41) is 4.13. The van der Waals surface area contributed by atoms with Crippen LogP contribution in [0.25, 0.3) is 70.2 Å². The fourth-order valence-corrected chi connectivity index (χ4v) is 5.21. The molecular formula is C32H17N3O. The van der Waals surface area contributed by atoms with Gasteiger partial charge in [0.1, 0.15) is 11.2 Å². The Labute approximate surface area is 206 Å². The van der Waals surface area contributed by atoms with Gasteiger partial charge in [-0.05, 0) is 59.5 Å². The normalized spacial score (nSPS) is 11.3. The molecule has 4 heteroatoms. The Bertz CT molecular complexity index is 2080. The van der Waals surface area contributed by atoms with Crippen molar-refractivity contribution in [3.63, 3.8) is 0 Å². The smallest absolute Gasteiger partial charge is 0.188 e. The topological polar surface area (TPSA) is 26.8 Å². The van der Waals surface area contributed by atoms with E-state index in [2.05, 4.69) is 68.9 Å². The Hall–Kier alpha value is -5.32. The van der Waals surface area contributed by atoms with Crippen molar-refractivity contribution in [1.82, 2.24) is 4.57 Å². The molecule has 5 aromatic carbocycles. The Balaban J connectivity index is 1.52. The monoisotopic (exact) mass is 459 g/mol. The number of rotatable bonds is 2. The van der Waals surface area contributed by atoms with Crippen molar-refractivity contribution < 1.29 is 4.42 Å². The van der Waals surface area contributed by atoms with Gasteiger partial charge in [-0.25, -0.2) is 9.69 Å². The van der Waals surface area contributed by atoms with Crippen molar-refractivity contribution in [3.05, 3.63) is 126 Å². The molecule has 2 aromatic heterocycles. The van der Waals surface area contributed by atoms with Crippen LogP contribution in [-0.4, -0.2) is 4.57 Å². The molecule has 0 saturated heterocycles. The molecule has 0 spiro atoms. The van der Waals surface area contributed by atoms with E-state index in [4.69, 9.17) is 17.6 Å². The summed E-state index contributed by atoms with van der Waals surface area (Å²) in [6.45, 7) is 14.9. The van der Waals surface area contributed by atoms with Gasteiger partial charge in [-0.15, -0.1) is 0 Å². The number of nitrogens with zero attached hydrogens (tertiary/aromatic N) is 3. The maximum atomic E-state index is 7.47. The number of aromatic nitrogens is 1. The van der Waals surface area contributed by atoms with E-state index in [-0.39, 0.29) is 0 Å². The van der Waals surface area contributed by atoms with Crippen LogP contribution in [0.15, 0.2) is 108 Å². The Morgan fingerprint density at radius 1 is 0.556 bits per heavy atom. The second-order valence-corrected chi connectivity index (χ2v) is 8.79. The summed E-state index contributed by atoms with van der Waals surface area (Å²) in [4.78, 5) is 7.24. The quantitative estimate of drug-likeness (QED) is 0.237. The first-order valence-corrected chi connectivity index (χ1v) is 11.6. The highest BCUT2D eigenvalue weighted by atomic mass is 16.3. The number of hydrogen-bond acceptors (Lipinski definition) is 1. The largest absolute Gasteiger partial charge is 0.456 e. The van der Waals surface area contributed by atoms with Crippen LogP contribution in [0.2, 0.25) is 0 Å². The van der Waals surface area contributed by atoms with Gasteiger partial charge in [-0.3, -0.25) is 0 Å². The highest BCUT2D eigenvalue weighted by Gasteiger charge is 2.16. The van der Waals surface area contributed by atoms with E-state index in [0.29, 0.717) is 11.4 Å². The lowest BCUT2D eigenvalue weighted by molar-refractivity contribution is 0.669. The molecule has 0 radical (unpaired) electrons. The zero-order valence-corrected chi connectivity index (χ0v) is 19.1. The summed E-state index contributed by atoms with van der Waals surface area (Å²) >= 11 is 0. The summed E-state index contributed by atoms with van der Waals surface area (Å²) in [6.07, 6.45) is 0. The molecule has 0 fully saturated rings. The molecule has 0 amide bonds. The third kappa shape index (κ3) is 2.86. The van der Waals surface area contributed by atoms with E-state index in [1.807, 2.05) is 42.5 Å². The molecule has 7 rings (SSSR count). The molecule has 4 nitrogen and oxygen atoms in total. The van der Waals surface area contributed by atoms with Crippen molar-refractivity contribution in [1.29, 1.82) is 0 Å². The second kappa shape index (κ2) is 7.60. The maximum absolute atomic E-state index is 7.47. The first kappa shape index (κ1) is 20.1. The number of para-hydroxylation sites is 2. The molecule has 0 unspecified atom stereocenters. The minimum absolute atomic E-state index is 0.597. The van der Waals surface area contributed by atoms with Crippen LogP contribution >= 0.6 is 0 Å². The van der Waals surface area contributed by atoms with E-state index in [1.165, 1.54) is 0 Å². The molecular weight excluding hydrogens is 442 g/mol. The maximum Gasteiger partial charge on any atom is 0.188 e. The zero-order valence-electron chi connectivity index (χ0n) is 19.1. The molecule has 0 aliphatic rings. The molecule has 0 bridgehead atoms. The number of fused-ring (bicyclic) bond motifs is 6. The minimum Gasteiger partial charge on any atom is -0.456 e. The average molecular weight is 460 g/mol. The number of furan rings is 1. The summed E-state index contributed by atoms with van der Waals surface area (Å²) in [6, 6.07) is 34.4. The van der Waals surface area contributed by atoms with Crippen molar-refractivity contribution in [2.45, 2.75) is 0 Å². The summed E-state index contributed by atoms with van der Waals surface area (Å²) in [5.74, 6) is 0. The third-order valence-corrected chi connectivity index (χ3v) is 6.82. The van der Waals surface area contributed by atoms with Gasteiger partial charge in [0.2, 0.25) is 0 Å². The lowest BCUT2D eigenvalue weighted by Gasteiger charge is -2.14. The number of hydrogen-bond donors (Lipinski definition) is 0. The van der Waals surface area contributed by atoms with Gasteiger partial charge >= 0.3 is 0 Å². The lowest BCUT2D eigenvalue weighted by Crippen LogP contribution is -1.96. The Morgan fingerprint density at radius 2 is 1.19 bits per heavy atom. The van der Waals surface area contributed by atoms with E-state index in [9.17, 15) is 0 Å². The van der Waals surface area contributed by atoms with Gasteiger partial charge in [0.25, 0.3) is 0 Å². The molecule has 0 saturated carbocycles. The fourth-order valence-electron chi connectivity index (χ4n) is 5.21. The van der Waals surface area contributed by atoms with Crippen LogP contribution in [0.3, 0.4) is 0 Å². The van der Waals surface area contributed by atoms with Gasteiger partial charge in [0, 0.05) is 21.7 Å². The number of benzene rings is 5. The van der Waals surface area contributed by atoms with E-state index in [0.717, 1.165) is 60.6 Å². The summed E-state index contributed by atoms with van der Waals surface area (Å²) in [7, 11) is 0. The molecule has 0 atom stereocenters. The van der Waals surface area contributed by atoms with Gasteiger partial charge < -0.3 is 8.98 Å².